The van der Waals surface area contributed by atoms with Crippen LogP contribution < -0.4 is 10.1 Å². The Morgan fingerprint density at radius 2 is 2.03 bits per heavy atom. The molecule has 3 aromatic heterocycles. The maximum Gasteiger partial charge on any atom is 0.331 e. The molecule has 0 saturated carbocycles. The third-order valence-corrected chi connectivity index (χ3v) is 6.05. The first-order chi connectivity index (χ1) is 16.4. The molecule has 0 bridgehead atoms. The molecule has 1 atom stereocenters. The van der Waals surface area contributed by atoms with Crippen LogP contribution in [-0.2, 0) is 24.3 Å². The van der Waals surface area contributed by atoms with Gasteiger partial charge in [-0.3, -0.25) is 19.4 Å². The van der Waals surface area contributed by atoms with Gasteiger partial charge >= 0.3 is 6.03 Å². The summed E-state index contributed by atoms with van der Waals surface area (Å²) in [4.78, 5) is 35.2. The van der Waals surface area contributed by atoms with Crippen LogP contribution >= 0.6 is 0 Å². The second kappa shape index (κ2) is 8.62. The van der Waals surface area contributed by atoms with Crippen molar-refractivity contribution in [2.45, 2.75) is 46.3 Å². The van der Waals surface area contributed by atoms with Gasteiger partial charge in [-0.15, -0.1) is 0 Å². The average molecular weight is 460 g/mol. The van der Waals surface area contributed by atoms with Crippen LogP contribution in [0.5, 0.6) is 11.6 Å². The summed E-state index contributed by atoms with van der Waals surface area (Å²) < 4.78 is 9.42. The summed E-state index contributed by atoms with van der Waals surface area (Å²) in [6, 6.07) is 8.87. The molecule has 10 nitrogen and oxygen atoms in total. The smallest absolute Gasteiger partial charge is 0.331 e. The maximum absolute atomic E-state index is 12.8. The minimum absolute atomic E-state index is 0.0250. The van der Waals surface area contributed by atoms with E-state index in [9.17, 15) is 9.59 Å². The molecule has 0 unspecified atom stereocenters. The zero-order valence-corrected chi connectivity index (χ0v) is 19.2. The summed E-state index contributed by atoms with van der Waals surface area (Å²) in [6.45, 7) is 6.73. The Hall–Kier alpha value is -4.21. The zero-order chi connectivity index (χ0) is 23.8. The third kappa shape index (κ3) is 3.98. The lowest BCUT2D eigenvalue weighted by atomic mass is 9.99. The number of anilines is 1. The zero-order valence-electron chi connectivity index (χ0n) is 19.2. The largest absolute Gasteiger partial charge is 0.439 e. The van der Waals surface area contributed by atoms with Crippen molar-refractivity contribution in [3.8, 4) is 11.6 Å². The predicted octanol–water partition coefficient (Wildman–Crippen LogP) is 3.81. The first-order valence-electron chi connectivity index (χ1n) is 11.2. The number of hydrogen-bond acceptors (Lipinski definition) is 6. The van der Waals surface area contributed by atoms with E-state index in [1.807, 2.05) is 38.2 Å². The van der Waals surface area contributed by atoms with Gasteiger partial charge in [0.2, 0.25) is 11.8 Å². The van der Waals surface area contributed by atoms with Crippen molar-refractivity contribution in [3.05, 3.63) is 60.3 Å². The van der Waals surface area contributed by atoms with Crippen molar-refractivity contribution in [1.29, 1.82) is 0 Å². The fraction of sp³-hybridized carbons (Fsp3) is 0.292. The number of amides is 2. The monoisotopic (exact) mass is 459 g/mol. The Morgan fingerprint density at radius 1 is 1.18 bits per heavy atom. The molecule has 1 aliphatic heterocycles. The Morgan fingerprint density at radius 3 is 2.79 bits per heavy atom. The number of aryl methyl sites for hydroxylation is 1. The Labute approximate surface area is 196 Å². The molecule has 2 amide bonds. The van der Waals surface area contributed by atoms with Crippen LogP contribution in [0.3, 0.4) is 0 Å². The van der Waals surface area contributed by atoms with E-state index in [0.29, 0.717) is 30.4 Å². The Balaban J connectivity index is 1.37. The molecule has 174 valence electrons. The van der Waals surface area contributed by atoms with E-state index < -0.39 is 0 Å². The second-order valence-corrected chi connectivity index (χ2v) is 8.30. The minimum Gasteiger partial charge on any atom is -0.439 e. The van der Waals surface area contributed by atoms with E-state index in [2.05, 4.69) is 20.4 Å². The highest BCUT2D eigenvalue weighted by molar-refractivity contribution is 5.98. The Bertz CT molecular complexity index is 1390. The van der Waals surface area contributed by atoms with Crippen LogP contribution in [0.4, 0.5) is 10.6 Å². The fourth-order valence-electron chi connectivity index (χ4n) is 4.25. The number of nitrogens with one attached hydrogen (secondary N) is 1. The SMILES string of the molecule is CCn1ccc(NC(=O)n2ccc3cc(Oc4ncnc5c4C[C@H](C)N(C(C)=O)C5)ccc32)n1. The van der Waals surface area contributed by atoms with Gasteiger partial charge < -0.3 is 9.64 Å². The van der Waals surface area contributed by atoms with Gasteiger partial charge in [0.25, 0.3) is 0 Å². The molecule has 10 heteroatoms. The first-order valence-corrected chi connectivity index (χ1v) is 11.2. The molecule has 4 aromatic rings. The van der Waals surface area contributed by atoms with Crippen molar-refractivity contribution in [3.63, 3.8) is 0 Å². The molecule has 1 aromatic carbocycles. The molecule has 0 spiro atoms. The van der Waals surface area contributed by atoms with Gasteiger partial charge in [0.15, 0.2) is 5.82 Å². The van der Waals surface area contributed by atoms with Gasteiger partial charge in [-0.25, -0.2) is 14.8 Å². The molecule has 1 N–H and O–H groups in total. The number of benzene rings is 1. The average Bonchev–Trinajstić information content (AvgIpc) is 3.45. The highest BCUT2D eigenvalue weighted by Gasteiger charge is 2.28. The van der Waals surface area contributed by atoms with Crippen LogP contribution in [-0.4, -0.2) is 47.2 Å². The molecule has 1 aliphatic rings. The molecule has 34 heavy (non-hydrogen) atoms. The lowest BCUT2D eigenvalue weighted by molar-refractivity contribution is -0.132. The van der Waals surface area contributed by atoms with Crippen LogP contribution in [0.15, 0.2) is 49.1 Å². The summed E-state index contributed by atoms with van der Waals surface area (Å²) in [6.07, 6.45) is 5.61. The lowest BCUT2D eigenvalue weighted by Crippen LogP contribution is -2.41. The van der Waals surface area contributed by atoms with Crippen LogP contribution in [0.2, 0.25) is 0 Å². The minimum atomic E-state index is -0.293. The molecule has 0 saturated heterocycles. The van der Waals surface area contributed by atoms with Gasteiger partial charge in [-0.05, 0) is 44.5 Å². The number of aromatic nitrogens is 5. The highest BCUT2D eigenvalue weighted by atomic mass is 16.5. The topological polar surface area (TPSA) is 107 Å². The van der Waals surface area contributed by atoms with E-state index in [0.717, 1.165) is 28.7 Å². The lowest BCUT2D eigenvalue weighted by Gasteiger charge is -2.33. The summed E-state index contributed by atoms with van der Waals surface area (Å²) in [5, 5.41) is 7.96. The van der Waals surface area contributed by atoms with Gasteiger partial charge in [0.05, 0.1) is 17.8 Å². The van der Waals surface area contributed by atoms with Crippen LogP contribution in [0, 0.1) is 0 Å². The van der Waals surface area contributed by atoms with Crippen LogP contribution in [0.1, 0.15) is 32.0 Å². The van der Waals surface area contributed by atoms with Gasteiger partial charge in [0.1, 0.15) is 12.1 Å². The van der Waals surface area contributed by atoms with E-state index in [-0.39, 0.29) is 18.0 Å². The van der Waals surface area contributed by atoms with E-state index in [1.54, 1.807) is 34.8 Å². The second-order valence-electron chi connectivity index (χ2n) is 8.30. The number of ether oxygens (including phenoxy) is 1. The van der Waals surface area contributed by atoms with E-state index in [4.69, 9.17) is 4.74 Å². The number of carbonyl (C=O) groups is 2. The predicted molar refractivity (Wildman–Crippen MR) is 126 cm³/mol. The number of carbonyl (C=O) groups excluding carboxylic acids is 2. The van der Waals surface area contributed by atoms with Crippen molar-refractivity contribution in [2.24, 2.45) is 0 Å². The Kier molecular flexibility index (Phi) is 5.48. The number of hydrogen-bond donors (Lipinski definition) is 1. The van der Waals surface area contributed by atoms with Crippen molar-refractivity contribution >= 4 is 28.7 Å². The molecule has 0 aliphatic carbocycles. The van der Waals surface area contributed by atoms with Crippen molar-refractivity contribution < 1.29 is 14.3 Å². The summed E-state index contributed by atoms with van der Waals surface area (Å²) in [5.74, 6) is 1.62. The summed E-state index contributed by atoms with van der Waals surface area (Å²) in [7, 11) is 0. The first kappa shape index (κ1) is 21.6. The highest BCUT2D eigenvalue weighted by Crippen LogP contribution is 2.32. The summed E-state index contributed by atoms with van der Waals surface area (Å²) in [5.41, 5.74) is 2.46. The number of fused-ring (bicyclic) bond motifs is 2. The van der Waals surface area contributed by atoms with Gasteiger partial charge in [-0.2, -0.15) is 5.10 Å². The number of rotatable bonds is 4. The molecule has 4 heterocycles. The van der Waals surface area contributed by atoms with Crippen molar-refractivity contribution in [2.75, 3.05) is 5.32 Å². The standard InChI is InChI=1S/C24H25N7O3/c1-4-29-9-8-22(28-29)27-24(33)30-10-7-17-12-18(5-6-21(17)30)34-23-19-11-15(2)31(16(3)32)13-20(19)25-14-26-23/h5-10,12,14-15H,4,11,13H2,1-3H3,(H,27,28,33)/t15-/m0/s1. The van der Waals surface area contributed by atoms with Crippen molar-refractivity contribution in [1.82, 2.24) is 29.2 Å². The molecular formula is C24H25N7O3. The normalized spacial score (nSPS) is 15.3. The van der Waals surface area contributed by atoms with Gasteiger partial charge in [0, 0.05) is 48.9 Å². The molecule has 5 rings (SSSR count). The fourth-order valence-corrected chi connectivity index (χ4v) is 4.25. The maximum atomic E-state index is 12.8. The molecule has 0 fully saturated rings. The quantitative estimate of drug-likeness (QED) is 0.497. The van der Waals surface area contributed by atoms with Gasteiger partial charge in [-0.1, -0.05) is 0 Å². The van der Waals surface area contributed by atoms with Crippen LogP contribution in [0.25, 0.3) is 10.9 Å². The number of nitrogens with zero attached hydrogens (tertiary/aromatic N) is 6. The summed E-state index contributed by atoms with van der Waals surface area (Å²) >= 11 is 0. The van der Waals surface area contributed by atoms with E-state index >= 15 is 0 Å². The van der Waals surface area contributed by atoms with E-state index in [1.165, 1.54) is 10.9 Å². The third-order valence-electron chi connectivity index (χ3n) is 6.05. The molecular weight excluding hydrogens is 434 g/mol. The molecule has 0 radical (unpaired) electrons.